The van der Waals surface area contributed by atoms with Crippen molar-refractivity contribution in [3.8, 4) is 17.6 Å². The van der Waals surface area contributed by atoms with E-state index in [0.717, 1.165) is 11.3 Å². The fraction of sp³-hybridized carbons (Fsp3) is 0.217. The van der Waals surface area contributed by atoms with E-state index in [1.165, 1.54) is 28.6 Å². The van der Waals surface area contributed by atoms with Crippen LogP contribution in [0.4, 0.5) is 0 Å². The Morgan fingerprint density at radius 2 is 1.71 bits per heavy atom. The van der Waals surface area contributed by atoms with E-state index in [4.69, 9.17) is 10.00 Å². The van der Waals surface area contributed by atoms with Crippen molar-refractivity contribution >= 4 is 10.0 Å². The van der Waals surface area contributed by atoms with Gasteiger partial charge in [0.1, 0.15) is 11.5 Å². The second-order valence-electron chi connectivity index (χ2n) is 7.21. The average Bonchev–Trinajstić information content (AvgIpc) is 2.81. The van der Waals surface area contributed by atoms with Crippen molar-refractivity contribution in [3.63, 3.8) is 0 Å². The molecule has 1 saturated heterocycles. The molecule has 2 heterocycles. The quantitative estimate of drug-likeness (QED) is 0.592. The molecule has 7 nitrogen and oxygen atoms in total. The molecule has 0 amide bonds. The number of hydrogen-bond acceptors (Lipinski definition) is 6. The van der Waals surface area contributed by atoms with E-state index in [-0.39, 0.29) is 4.90 Å². The van der Waals surface area contributed by atoms with Crippen LogP contribution >= 0.6 is 0 Å². The van der Waals surface area contributed by atoms with Crippen LogP contribution < -0.4 is 4.74 Å². The minimum Gasteiger partial charge on any atom is -0.455 e. The molecule has 2 aromatic carbocycles. The Kier molecular flexibility index (Phi) is 6.28. The predicted octanol–water partition coefficient (Wildman–Crippen LogP) is 3.25. The van der Waals surface area contributed by atoms with Crippen LogP contribution in [0.3, 0.4) is 0 Å². The molecule has 158 valence electrons. The molecule has 8 heteroatoms. The van der Waals surface area contributed by atoms with Crippen molar-refractivity contribution < 1.29 is 13.2 Å². The van der Waals surface area contributed by atoms with Gasteiger partial charge in [-0.1, -0.05) is 18.2 Å². The summed E-state index contributed by atoms with van der Waals surface area (Å²) < 4.78 is 33.3. The number of aromatic nitrogens is 1. The van der Waals surface area contributed by atoms with Crippen molar-refractivity contribution in [2.45, 2.75) is 11.4 Å². The number of nitriles is 1. The topological polar surface area (TPSA) is 86.5 Å². The molecular formula is C23H22N4O3S. The van der Waals surface area contributed by atoms with E-state index in [1.54, 1.807) is 12.4 Å². The SMILES string of the molecule is N#Cc1ccc(S(=O)(=O)N2CCN(Cc3ccccc3Oc3cccnc3)CC2)cc1. The maximum atomic E-state index is 12.9. The molecule has 3 aromatic rings. The Bertz CT molecular complexity index is 1170. The number of para-hydroxylation sites is 1. The molecule has 1 aliphatic heterocycles. The van der Waals surface area contributed by atoms with Crippen LogP contribution in [0, 0.1) is 11.3 Å². The summed E-state index contributed by atoms with van der Waals surface area (Å²) in [7, 11) is -3.57. The van der Waals surface area contributed by atoms with Gasteiger partial charge in [-0.05, 0) is 42.5 Å². The number of nitrogens with zero attached hydrogens (tertiary/aromatic N) is 4. The average molecular weight is 435 g/mol. The summed E-state index contributed by atoms with van der Waals surface area (Å²) in [4.78, 5) is 6.51. The highest BCUT2D eigenvalue weighted by molar-refractivity contribution is 7.89. The predicted molar refractivity (Wildman–Crippen MR) is 116 cm³/mol. The van der Waals surface area contributed by atoms with Crippen molar-refractivity contribution in [1.29, 1.82) is 5.26 Å². The second kappa shape index (κ2) is 9.27. The largest absolute Gasteiger partial charge is 0.455 e. The van der Waals surface area contributed by atoms with Crippen molar-refractivity contribution in [2.75, 3.05) is 26.2 Å². The monoisotopic (exact) mass is 434 g/mol. The fourth-order valence-corrected chi connectivity index (χ4v) is 4.91. The van der Waals surface area contributed by atoms with E-state index in [2.05, 4.69) is 9.88 Å². The Hall–Kier alpha value is -3.25. The molecule has 0 unspecified atom stereocenters. The molecule has 1 fully saturated rings. The van der Waals surface area contributed by atoms with Gasteiger partial charge in [0.25, 0.3) is 0 Å². The Morgan fingerprint density at radius 3 is 2.39 bits per heavy atom. The minimum atomic E-state index is -3.57. The zero-order valence-electron chi connectivity index (χ0n) is 16.9. The van der Waals surface area contributed by atoms with Crippen LogP contribution in [0.1, 0.15) is 11.1 Å². The molecule has 0 N–H and O–H groups in total. The van der Waals surface area contributed by atoms with Gasteiger partial charge >= 0.3 is 0 Å². The lowest BCUT2D eigenvalue weighted by atomic mass is 10.1. The summed E-state index contributed by atoms with van der Waals surface area (Å²) in [5, 5.41) is 8.91. The first-order chi connectivity index (χ1) is 15.1. The fourth-order valence-electron chi connectivity index (χ4n) is 3.49. The maximum Gasteiger partial charge on any atom is 0.243 e. The van der Waals surface area contributed by atoms with Crippen molar-refractivity contribution in [1.82, 2.24) is 14.2 Å². The van der Waals surface area contributed by atoms with Crippen LogP contribution in [0.25, 0.3) is 0 Å². The summed E-state index contributed by atoms with van der Waals surface area (Å²) in [5.74, 6) is 1.44. The van der Waals surface area contributed by atoms with Gasteiger partial charge in [-0.2, -0.15) is 9.57 Å². The van der Waals surface area contributed by atoms with Gasteiger partial charge in [-0.25, -0.2) is 8.42 Å². The van der Waals surface area contributed by atoms with Gasteiger partial charge in [-0.15, -0.1) is 0 Å². The van der Waals surface area contributed by atoms with E-state index in [9.17, 15) is 8.42 Å². The molecule has 0 radical (unpaired) electrons. The van der Waals surface area contributed by atoms with Gasteiger partial charge in [0, 0.05) is 44.5 Å². The summed E-state index contributed by atoms with van der Waals surface area (Å²) in [6, 6.07) is 19.6. The summed E-state index contributed by atoms with van der Waals surface area (Å²) >= 11 is 0. The first-order valence-corrected chi connectivity index (χ1v) is 11.4. The standard InChI is InChI=1S/C23H22N4O3S/c24-16-19-7-9-22(10-8-19)31(28,29)27-14-12-26(13-15-27)18-20-4-1-2-6-23(20)30-21-5-3-11-25-17-21/h1-11,17H,12-15,18H2. The molecule has 0 bridgehead atoms. The number of pyridine rings is 1. The number of benzene rings is 2. The molecular weight excluding hydrogens is 412 g/mol. The minimum absolute atomic E-state index is 0.218. The Balaban J connectivity index is 1.40. The maximum absolute atomic E-state index is 12.9. The smallest absolute Gasteiger partial charge is 0.243 e. The number of rotatable bonds is 6. The zero-order chi connectivity index (χ0) is 21.7. The second-order valence-corrected chi connectivity index (χ2v) is 9.15. The Morgan fingerprint density at radius 1 is 0.968 bits per heavy atom. The third-order valence-corrected chi connectivity index (χ3v) is 7.09. The van der Waals surface area contributed by atoms with Gasteiger partial charge < -0.3 is 4.74 Å². The lowest BCUT2D eigenvalue weighted by Crippen LogP contribution is -2.48. The molecule has 31 heavy (non-hydrogen) atoms. The molecule has 0 spiro atoms. The van der Waals surface area contributed by atoms with E-state index < -0.39 is 10.0 Å². The summed E-state index contributed by atoms with van der Waals surface area (Å²) in [6.07, 6.45) is 3.37. The van der Waals surface area contributed by atoms with Crippen molar-refractivity contribution in [2.24, 2.45) is 0 Å². The van der Waals surface area contributed by atoms with Gasteiger partial charge in [0.05, 0.1) is 22.7 Å². The lowest BCUT2D eigenvalue weighted by molar-refractivity contribution is 0.180. The third-order valence-electron chi connectivity index (χ3n) is 5.18. The first kappa shape index (κ1) is 21.0. The highest BCUT2D eigenvalue weighted by Gasteiger charge is 2.28. The zero-order valence-corrected chi connectivity index (χ0v) is 17.7. The first-order valence-electron chi connectivity index (χ1n) is 9.95. The van der Waals surface area contributed by atoms with Gasteiger partial charge in [0.2, 0.25) is 10.0 Å². The summed E-state index contributed by atoms with van der Waals surface area (Å²) in [5.41, 5.74) is 1.48. The highest BCUT2D eigenvalue weighted by Crippen LogP contribution is 2.26. The highest BCUT2D eigenvalue weighted by atomic mass is 32.2. The van der Waals surface area contributed by atoms with Crippen LogP contribution in [-0.2, 0) is 16.6 Å². The van der Waals surface area contributed by atoms with E-state index in [1.807, 2.05) is 42.5 Å². The van der Waals surface area contributed by atoms with Crippen LogP contribution in [0.2, 0.25) is 0 Å². The lowest BCUT2D eigenvalue weighted by Gasteiger charge is -2.34. The molecule has 0 saturated carbocycles. The molecule has 0 atom stereocenters. The number of piperazine rings is 1. The third kappa shape index (κ3) is 4.91. The molecule has 4 rings (SSSR count). The number of sulfonamides is 1. The van der Waals surface area contributed by atoms with Crippen LogP contribution in [0.15, 0.2) is 78.0 Å². The number of hydrogen-bond donors (Lipinski definition) is 0. The summed E-state index contributed by atoms with van der Waals surface area (Å²) in [6.45, 7) is 2.73. The Labute approximate surface area is 182 Å². The van der Waals surface area contributed by atoms with Crippen LogP contribution in [-0.4, -0.2) is 48.8 Å². The van der Waals surface area contributed by atoms with Gasteiger partial charge in [-0.3, -0.25) is 9.88 Å². The normalized spacial score (nSPS) is 15.3. The van der Waals surface area contributed by atoms with Crippen molar-refractivity contribution in [3.05, 3.63) is 84.2 Å². The molecule has 0 aliphatic carbocycles. The molecule has 1 aliphatic rings. The van der Waals surface area contributed by atoms with Gasteiger partial charge in [0.15, 0.2) is 0 Å². The number of ether oxygens (including phenoxy) is 1. The van der Waals surface area contributed by atoms with E-state index in [0.29, 0.717) is 44.0 Å². The van der Waals surface area contributed by atoms with E-state index >= 15 is 0 Å². The van der Waals surface area contributed by atoms with Crippen LogP contribution in [0.5, 0.6) is 11.5 Å². The molecule has 1 aromatic heterocycles.